The molecule has 8 nitrogen and oxygen atoms in total. The second-order valence-corrected chi connectivity index (χ2v) is 5.83. The van der Waals surface area contributed by atoms with Gasteiger partial charge in [-0.2, -0.15) is 0 Å². The van der Waals surface area contributed by atoms with Crippen LogP contribution in [0.15, 0.2) is 18.2 Å². The summed E-state index contributed by atoms with van der Waals surface area (Å²) in [6, 6.07) is 4.98. The summed E-state index contributed by atoms with van der Waals surface area (Å²) in [4.78, 5) is 37.8. The number of carbonyl (C=O) groups excluding carboxylic acids is 2. The Kier molecular flexibility index (Phi) is 4.70. The minimum atomic E-state index is -0.544. The Balaban J connectivity index is 2.29. The van der Waals surface area contributed by atoms with Crippen molar-refractivity contribution in [1.29, 1.82) is 0 Å². The van der Waals surface area contributed by atoms with Gasteiger partial charge in [-0.3, -0.25) is 25.0 Å². The van der Waals surface area contributed by atoms with Crippen molar-refractivity contribution in [3.8, 4) is 0 Å². The lowest BCUT2D eigenvalue weighted by Crippen LogP contribution is -2.16. The summed E-state index contributed by atoms with van der Waals surface area (Å²) < 4.78 is 0. The molecule has 2 amide bonds. The van der Waals surface area contributed by atoms with E-state index in [9.17, 15) is 19.7 Å². The summed E-state index contributed by atoms with van der Waals surface area (Å²) in [5.41, 5.74) is 1.74. The fourth-order valence-corrected chi connectivity index (χ4v) is 2.70. The zero-order valence-corrected chi connectivity index (χ0v) is 13.5. The van der Waals surface area contributed by atoms with Crippen LogP contribution in [0.1, 0.15) is 28.5 Å². The van der Waals surface area contributed by atoms with Crippen molar-refractivity contribution in [2.45, 2.75) is 20.8 Å². The molecule has 0 saturated carbocycles. The Hall–Kier alpha value is -2.81. The van der Waals surface area contributed by atoms with Gasteiger partial charge < -0.3 is 5.32 Å². The van der Waals surface area contributed by atoms with Crippen LogP contribution in [0.3, 0.4) is 0 Å². The molecule has 0 atom stereocenters. The van der Waals surface area contributed by atoms with Gasteiger partial charge in [-0.05, 0) is 42.9 Å². The molecule has 120 valence electrons. The number of aromatic nitrogens is 1. The highest BCUT2D eigenvalue weighted by atomic mass is 32.1. The lowest BCUT2D eigenvalue weighted by Gasteiger charge is -2.10. The van der Waals surface area contributed by atoms with Crippen molar-refractivity contribution in [2.24, 2.45) is 0 Å². The average Bonchev–Trinajstić information content (AvgIpc) is 2.79. The Morgan fingerprint density at radius 2 is 1.96 bits per heavy atom. The van der Waals surface area contributed by atoms with Gasteiger partial charge in [-0.1, -0.05) is 6.07 Å². The Bertz CT molecular complexity index is 800. The van der Waals surface area contributed by atoms with E-state index in [0.717, 1.165) is 16.9 Å². The van der Waals surface area contributed by atoms with Crippen LogP contribution in [0.25, 0.3) is 0 Å². The van der Waals surface area contributed by atoms with Gasteiger partial charge in [0.1, 0.15) is 5.69 Å². The molecular formula is C14H14N4O4S. The number of carbonyl (C=O) groups is 2. The fraction of sp³-hybridized carbons (Fsp3) is 0.214. The summed E-state index contributed by atoms with van der Waals surface area (Å²) in [5, 5.41) is 15.9. The summed E-state index contributed by atoms with van der Waals surface area (Å²) in [6.45, 7) is 4.68. The highest BCUT2D eigenvalue weighted by molar-refractivity contribution is 7.19. The minimum absolute atomic E-state index is 0.119. The van der Waals surface area contributed by atoms with Crippen LogP contribution in [-0.2, 0) is 4.79 Å². The van der Waals surface area contributed by atoms with E-state index >= 15 is 0 Å². The fourth-order valence-electron chi connectivity index (χ4n) is 1.92. The molecule has 2 N–H and O–H groups in total. The van der Waals surface area contributed by atoms with Crippen LogP contribution in [0.4, 0.5) is 15.8 Å². The average molecular weight is 334 g/mol. The van der Waals surface area contributed by atoms with E-state index in [-0.39, 0.29) is 27.3 Å². The van der Waals surface area contributed by atoms with E-state index in [4.69, 9.17) is 0 Å². The number of nitro groups is 1. The number of rotatable bonds is 4. The number of hydrogen-bond donors (Lipinski definition) is 2. The zero-order chi connectivity index (χ0) is 17.1. The maximum absolute atomic E-state index is 12.4. The first kappa shape index (κ1) is 16.6. The van der Waals surface area contributed by atoms with Crippen LogP contribution in [0.5, 0.6) is 0 Å². The molecule has 1 aromatic carbocycles. The van der Waals surface area contributed by atoms with Crippen LogP contribution in [0.2, 0.25) is 0 Å². The molecule has 23 heavy (non-hydrogen) atoms. The predicted molar refractivity (Wildman–Crippen MR) is 86.9 cm³/mol. The third-order valence-electron chi connectivity index (χ3n) is 2.89. The smallest absolute Gasteiger partial charge is 0.326 e. The van der Waals surface area contributed by atoms with Gasteiger partial charge in [-0.25, -0.2) is 4.98 Å². The van der Waals surface area contributed by atoms with E-state index in [1.165, 1.54) is 13.8 Å². The quantitative estimate of drug-likeness (QED) is 0.659. The number of aryl methyl sites for hydroxylation is 2. The maximum Gasteiger partial charge on any atom is 0.348 e. The summed E-state index contributed by atoms with van der Waals surface area (Å²) in [5.74, 6) is -0.803. The lowest BCUT2D eigenvalue weighted by molar-refractivity contribution is -0.380. The van der Waals surface area contributed by atoms with Crippen LogP contribution >= 0.6 is 11.3 Å². The second kappa shape index (κ2) is 6.53. The predicted octanol–water partition coefficient (Wildman–Crippen LogP) is 2.88. The molecule has 0 aliphatic heterocycles. The number of anilines is 2. The minimum Gasteiger partial charge on any atom is -0.326 e. The zero-order valence-electron chi connectivity index (χ0n) is 12.7. The van der Waals surface area contributed by atoms with Crippen molar-refractivity contribution >= 4 is 39.0 Å². The van der Waals surface area contributed by atoms with E-state index in [1.54, 1.807) is 18.2 Å². The monoisotopic (exact) mass is 334 g/mol. The summed E-state index contributed by atoms with van der Waals surface area (Å²) >= 11 is 0.784. The third kappa shape index (κ3) is 3.89. The number of benzene rings is 1. The van der Waals surface area contributed by atoms with Gasteiger partial charge in [0.15, 0.2) is 5.13 Å². The van der Waals surface area contributed by atoms with Crippen LogP contribution < -0.4 is 10.6 Å². The number of hydrogen-bond acceptors (Lipinski definition) is 6. The van der Waals surface area contributed by atoms with E-state index in [2.05, 4.69) is 15.6 Å². The number of amides is 2. The molecular weight excluding hydrogens is 320 g/mol. The molecule has 2 rings (SSSR count). The molecule has 0 spiro atoms. The van der Waals surface area contributed by atoms with Crippen molar-refractivity contribution in [2.75, 3.05) is 10.6 Å². The molecule has 0 radical (unpaired) electrons. The maximum atomic E-state index is 12.4. The molecule has 9 heteroatoms. The summed E-state index contributed by atoms with van der Waals surface area (Å²) in [7, 11) is 0. The third-order valence-corrected chi connectivity index (χ3v) is 3.91. The molecule has 0 aliphatic rings. The van der Waals surface area contributed by atoms with Crippen molar-refractivity contribution in [3.63, 3.8) is 0 Å². The standard InChI is InChI=1S/C14H14N4O4S/c1-7-4-5-10(11(6-7)16-9(3)19)12(20)17-14-15-8(2)13(23-14)18(21)22/h4-6H,1-3H3,(H,16,19)(H,15,17,20). The molecule has 1 heterocycles. The topological polar surface area (TPSA) is 114 Å². The largest absolute Gasteiger partial charge is 0.348 e. The van der Waals surface area contributed by atoms with E-state index in [0.29, 0.717) is 5.69 Å². The molecule has 0 aliphatic carbocycles. The highest BCUT2D eigenvalue weighted by Crippen LogP contribution is 2.30. The first-order chi connectivity index (χ1) is 10.8. The van der Waals surface area contributed by atoms with Crippen molar-refractivity contribution in [3.05, 3.63) is 45.1 Å². The molecule has 0 saturated heterocycles. The van der Waals surface area contributed by atoms with Gasteiger partial charge in [0.05, 0.1) is 16.2 Å². The normalized spacial score (nSPS) is 10.2. The van der Waals surface area contributed by atoms with Crippen molar-refractivity contribution < 1.29 is 14.5 Å². The van der Waals surface area contributed by atoms with E-state index < -0.39 is 10.8 Å². The molecule has 1 aromatic heterocycles. The number of thiazole rings is 1. The lowest BCUT2D eigenvalue weighted by atomic mass is 10.1. The molecule has 2 aromatic rings. The Morgan fingerprint density at radius 3 is 2.52 bits per heavy atom. The second-order valence-electron chi connectivity index (χ2n) is 4.85. The van der Waals surface area contributed by atoms with Gasteiger partial charge in [0.25, 0.3) is 5.91 Å². The van der Waals surface area contributed by atoms with Gasteiger partial charge >= 0.3 is 5.00 Å². The number of nitrogens with zero attached hydrogens (tertiary/aromatic N) is 2. The van der Waals surface area contributed by atoms with Crippen molar-refractivity contribution in [1.82, 2.24) is 4.98 Å². The molecule has 0 unspecified atom stereocenters. The summed E-state index contributed by atoms with van der Waals surface area (Å²) in [6.07, 6.45) is 0. The first-order valence-corrected chi connectivity index (χ1v) is 7.41. The SMILES string of the molecule is CC(=O)Nc1cc(C)ccc1C(=O)Nc1nc(C)c([N+](=O)[O-])s1. The Morgan fingerprint density at radius 1 is 1.26 bits per heavy atom. The van der Waals surface area contributed by atoms with Crippen LogP contribution in [0, 0.1) is 24.0 Å². The van der Waals surface area contributed by atoms with Gasteiger partial charge in [-0.15, -0.1) is 0 Å². The number of nitrogens with one attached hydrogen (secondary N) is 2. The first-order valence-electron chi connectivity index (χ1n) is 6.59. The highest BCUT2D eigenvalue weighted by Gasteiger charge is 2.20. The molecule has 0 fully saturated rings. The van der Waals surface area contributed by atoms with Gasteiger partial charge in [0, 0.05) is 6.92 Å². The van der Waals surface area contributed by atoms with Crippen LogP contribution in [-0.4, -0.2) is 21.7 Å². The van der Waals surface area contributed by atoms with E-state index in [1.807, 2.05) is 6.92 Å². The van der Waals surface area contributed by atoms with Gasteiger partial charge in [0.2, 0.25) is 5.91 Å². The Labute approximate surface area is 135 Å². The molecule has 0 bridgehead atoms.